The molecule has 1 aliphatic carbocycles. The van der Waals surface area contributed by atoms with Crippen LogP contribution in [0.4, 0.5) is 0 Å². The van der Waals surface area contributed by atoms with Gasteiger partial charge in [-0.2, -0.15) is 0 Å². The molecule has 31 heavy (non-hydrogen) atoms. The monoisotopic (exact) mass is 426 g/mol. The van der Waals surface area contributed by atoms with Crippen molar-refractivity contribution in [1.82, 2.24) is 0 Å². The number of esters is 1. The van der Waals surface area contributed by atoms with Crippen LogP contribution in [-0.2, 0) is 19.1 Å². The van der Waals surface area contributed by atoms with E-state index < -0.39 is 41.6 Å². The van der Waals surface area contributed by atoms with Crippen molar-refractivity contribution < 1.29 is 34.4 Å². The number of aliphatic hydroxyl groups excluding tert-OH is 3. The average molecular weight is 426 g/mol. The van der Waals surface area contributed by atoms with Gasteiger partial charge in [0.15, 0.2) is 11.4 Å². The van der Waals surface area contributed by atoms with Crippen LogP contribution in [0.25, 0.3) is 0 Å². The lowest BCUT2D eigenvalue weighted by Gasteiger charge is -2.31. The van der Waals surface area contributed by atoms with Crippen LogP contribution in [0.5, 0.6) is 0 Å². The number of carbonyl (C=O) groups excluding carboxylic acids is 3. The highest BCUT2D eigenvalue weighted by Crippen LogP contribution is 2.44. The number of rotatable bonds is 8. The fourth-order valence-electron chi connectivity index (χ4n) is 3.36. The van der Waals surface area contributed by atoms with Crippen molar-refractivity contribution in [2.75, 3.05) is 6.61 Å². The van der Waals surface area contributed by atoms with Gasteiger partial charge in [-0.05, 0) is 38.5 Å². The molecule has 1 aliphatic heterocycles. The number of Topliss-reactive ketones (excluding diaryl/α,β-unsaturated/α-hetero) is 1. The van der Waals surface area contributed by atoms with Gasteiger partial charge in [-0.1, -0.05) is 36.5 Å². The van der Waals surface area contributed by atoms with Crippen molar-refractivity contribution in [3.05, 3.63) is 82.7 Å². The summed E-state index contributed by atoms with van der Waals surface area (Å²) >= 11 is 0. The maximum Gasteiger partial charge on any atom is 0.343 e. The van der Waals surface area contributed by atoms with E-state index in [0.717, 1.165) is 6.08 Å². The minimum Gasteiger partial charge on any atom is -0.507 e. The number of hydrogen-bond acceptors (Lipinski definition) is 7. The molecule has 0 spiro atoms. The van der Waals surface area contributed by atoms with Gasteiger partial charge in [0, 0.05) is 23.6 Å². The molecule has 7 heteroatoms. The predicted octanol–water partition coefficient (Wildman–Crippen LogP) is 2.50. The molecule has 3 N–H and O–H groups in total. The highest BCUT2D eigenvalue weighted by molar-refractivity contribution is 6.15. The molecule has 0 aromatic carbocycles. The van der Waals surface area contributed by atoms with Crippen LogP contribution < -0.4 is 0 Å². The smallest absolute Gasteiger partial charge is 0.343 e. The first-order chi connectivity index (χ1) is 14.7. The highest BCUT2D eigenvalue weighted by atomic mass is 16.6. The quantitative estimate of drug-likeness (QED) is 0.236. The Morgan fingerprint density at radius 1 is 1.19 bits per heavy atom. The van der Waals surface area contributed by atoms with Crippen LogP contribution in [-0.4, -0.2) is 51.2 Å². The summed E-state index contributed by atoms with van der Waals surface area (Å²) in [6.07, 6.45) is 12.4. The summed E-state index contributed by atoms with van der Waals surface area (Å²) in [4.78, 5) is 37.7. The van der Waals surface area contributed by atoms with Crippen LogP contribution >= 0.6 is 0 Å². The number of ether oxygens (including phenoxy) is 1. The Hall–Kier alpha value is -3.29. The Morgan fingerprint density at radius 2 is 1.87 bits per heavy atom. The fourth-order valence-corrected chi connectivity index (χ4v) is 3.36. The summed E-state index contributed by atoms with van der Waals surface area (Å²) < 4.78 is 5.31. The fraction of sp³-hybridized carbons (Fsp3) is 0.292. The lowest BCUT2D eigenvalue weighted by Crippen LogP contribution is -2.42. The summed E-state index contributed by atoms with van der Waals surface area (Å²) in [6.45, 7) is 4.39. The number of aliphatic hydroxyl groups is 3. The molecule has 2 unspecified atom stereocenters. The Balaban J connectivity index is 2.51. The second-order valence-electron chi connectivity index (χ2n) is 7.15. The molecule has 0 aromatic heterocycles. The predicted molar refractivity (Wildman–Crippen MR) is 115 cm³/mol. The summed E-state index contributed by atoms with van der Waals surface area (Å²) in [5, 5.41) is 29.5. The molecule has 2 aliphatic rings. The highest BCUT2D eigenvalue weighted by Gasteiger charge is 2.53. The zero-order valence-corrected chi connectivity index (χ0v) is 17.7. The average Bonchev–Trinajstić information content (AvgIpc) is 2.98. The van der Waals surface area contributed by atoms with Gasteiger partial charge in [0.2, 0.25) is 5.78 Å². The standard InChI is InChI=1S/C24H26O7/c1-4-6-7-8-9-10-16(26)13-20(28)21-19-12-15(11-17(27)14-25)18(5-2)22(29)24(19,3)31-23(21)30/h4-10,12-13,17,25,27-28H,11,14H2,1-3H3/b6-4+,8-7+,10-9+,18-5-,20-13-. The maximum absolute atomic E-state index is 13.0. The third kappa shape index (κ3) is 5.07. The largest absolute Gasteiger partial charge is 0.507 e. The number of ketones is 2. The molecule has 0 saturated carbocycles. The molecule has 164 valence electrons. The van der Waals surface area contributed by atoms with Crippen LogP contribution in [0.2, 0.25) is 0 Å². The van der Waals surface area contributed by atoms with Gasteiger partial charge in [-0.25, -0.2) is 4.79 Å². The minimum absolute atomic E-state index is 0.0341. The van der Waals surface area contributed by atoms with Crippen LogP contribution in [0.1, 0.15) is 27.2 Å². The summed E-state index contributed by atoms with van der Waals surface area (Å²) in [5.41, 5.74) is -1.19. The van der Waals surface area contributed by atoms with Gasteiger partial charge in [-0.3, -0.25) is 9.59 Å². The second-order valence-corrected chi connectivity index (χ2v) is 7.15. The van der Waals surface area contributed by atoms with Crippen molar-refractivity contribution >= 4 is 17.5 Å². The van der Waals surface area contributed by atoms with Gasteiger partial charge in [0.05, 0.1) is 12.7 Å². The van der Waals surface area contributed by atoms with Crippen LogP contribution in [0.15, 0.2) is 82.7 Å². The van der Waals surface area contributed by atoms with E-state index in [1.165, 1.54) is 31.2 Å². The molecule has 0 bridgehead atoms. The molecule has 0 radical (unpaired) electrons. The first-order valence-electron chi connectivity index (χ1n) is 9.79. The zero-order chi connectivity index (χ0) is 23.2. The van der Waals surface area contributed by atoms with E-state index >= 15 is 0 Å². The van der Waals surface area contributed by atoms with E-state index in [9.17, 15) is 24.6 Å². The molecule has 0 amide bonds. The van der Waals surface area contributed by atoms with Crippen molar-refractivity contribution in [1.29, 1.82) is 0 Å². The number of carbonyl (C=O) groups is 3. The first-order valence-corrected chi connectivity index (χ1v) is 9.79. The Labute approximate surface area is 180 Å². The lowest BCUT2D eigenvalue weighted by molar-refractivity contribution is -0.152. The van der Waals surface area contributed by atoms with Gasteiger partial charge in [-0.15, -0.1) is 0 Å². The molecular weight excluding hydrogens is 400 g/mol. The van der Waals surface area contributed by atoms with E-state index in [0.29, 0.717) is 5.57 Å². The normalized spacial score (nSPS) is 24.5. The topological polar surface area (TPSA) is 121 Å². The van der Waals surface area contributed by atoms with Crippen molar-refractivity contribution in [2.45, 2.75) is 38.9 Å². The number of hydrogen-bond donors (Lipinski definition) is 3. The molecule has 7 nitrogen and oxygen atoms in total. The van der Waals surface area contributed by atoms with Gasteiger partial charge in [0.1, 0.15) is 11.3 Å². The number of fused-ring (bicyclic) bond motifs is 1. The summed E-state index contributed by atoms with van der Waals surface area (Å²) in [5.74, 6) is -2.62. The van der Waals surface area contributed by atoms with Gasteiger partial charge < -0.3 is 20.1 Å². The first kappa shape index (κ1) is 24.0. The van der Waals surface area contributed by atoms with E-state index in [1.807, 2.05) is 13.0 Å². The van der Waals surface area contributed by atoms with Crippen LogP contribution in [0, 0.1) is 0 Å². The Morgan fingerprint density at radius 3 is 2.48 bits per heavy atom. The van der Waals surface area contributed by atoms with Crippen molar-refractivity contribution in [2.24, 2.45) is 0 Å². The molecule has 1 heterocycles. The summed E-state index contributed by atoms with van der Waals surface area (Å²) in [7, 11) is 0. The SMILES string of the molecule is C/C=C1\C(=O)C2(C)OC(=O)C(/C(O)=C/C(=O)/C=C/C=C/C=C/C)=C2C=C1CC(O)CO. The van der Waals surface area contributed by atoms with E-state index in [2.05, 4.69) is 0 Å². The minimum atomic E-state index is -1.65. The lowest BCUT2D eigenvalue weighted by atomic mass is 9.76. The zero-order valence-electron chi connectivity index (χ0n) is 17.7. The van der Waals surface area contributed by atoms with E-state index in [1.54, 1.807) is 25.2 Å². The molecular formula is C24H26O7. The number of allylic oxidation sites excluding steroid dienone is 8. The van der Waals surface area contributed by atoms with Crippen molar-refractivity contribution in [3.63, 3.8) is 0 Å². The third-order valence-corrected chi connectivity index (χ3v) is 4.90. The van der Waals surface area contributed by atoms with Crippen molar-refractivity contribution in [3.8, 4) is 0 Å². The van der Waals surface area contributed by atoms with Gasteiger partial charge in [0.25, 0.3) is 0 Å². The molecule has 0 aromatic rings. The van der Waals surface area contributed by atoms with Crippen LogP contribution in [0.3, 0.4) is 0 Å². The maximum atomic E-state index is 13.0. The van der Waals surface area contributed by atoms with E-state index in [4.69, 9.17) is 9.84 Å². The Bertz CT molecular complexity index is 985. The molecule has 0 saturated heterocycles. The van der Waals surface area contributed by atoms with Gasteiger partial charge >= 0.3 is 5.97 Å². The van der Waals surface area contributed by atoms with E-state index in [-0.39, 0.29) is 23.1 Å². The molecule has 2 atom stereocenters. The molecule has 0 fully saturated rings. The molecule has 2 rings (SSSR count). The Kier molecular flexibility index (Phi) is 7.85. The second kappa shape index (κ2) is 10.1. The summed E-state index contributed by atoms with van der Waals surface area (Å²) in [6, 6.07) is 0. The third-order valence-electron chi connectivity index (χ3n) is 4.90.